The van der Waals surface area contributed by atoms with Crippen molar-refractivity contribution < 1.29 is 44.1 Å². The van der Waals surface area contributed by atoms with Crippen molar-refractivity contribution in [3.63, 3.8) is 0 Å². The average molecular weight is 897 g/mol. The third-order valence-electron chi connectivity index (χ3n) is 13.9. The van der Waals surface area contributed by atoms with Gasteiger partial charge in [-0.3, -0.25) is 24.0 Å². The third-order valence-corrected chi connectivity index (χ3v) is 13.9. The van der Waals surface area contributed by atoms with Gasteiger partial charge < -0.3 is 57.1 Å². The zero-order chi connectivity index (χ0) is 46.8. The van der Waals surface area contributed by atoms with Gasteiger partial charge in [-0.2, -0.15) is 0 Å². The number of amides is 5. The number of aromatic nitrogens is 1. The fraction of sp³-hybridized carbons (Fsp3) is 0.347. The van der Waals surface area contributed by atoms with Crippen LogP contribution in [0.15, 0.2) is 91.1 Å². The maximum absolute atomic E-state index is 15.7. The number of fused-ring (bicyclic) bond motifs is 11. The Morgan fingerprint density at radius 2 is 1.67 bits per heavy atom. The van der Waals surface area contributed by atoms with E-state index >= 15 is 4.79 Å². The first-order chi connectivity index (χ1) is 31.6. The number of nitrogens with one attached hydrogen (secondary N) is 5. The van der Waals surface area contributed by atoms with E-state index in [1.54, 1.807) is 42.0 Å². The van der Waals surface area contributed by atoms with E-state index in [4.69, 9.17) is 5.73 Å². The van der Waals surface area contributed by atoms with Crippen molar-refractivity contribution in [2.75, 3.05) is 5.32 Å². The molecule has 0 spiro atoms. The van der Waals surface area contributed by atoms with E-state index in [1.807, 2.05) is 49.4 Å². The van der Waals surface area contributed by atoms with Crippen LogP contribution >= 0.6 is 0 Å². The molecule has 17 heteroatoms. The summed E-state index contributed by atoms with van der Waals surface area (Å²) >= 11 is 0. The lowest BCUT2D eigenvalue weighted by Gasteiger charge is -2.37. The van der Waals surface area contributed by atoms with Gasteiger partial charge in [-0.1, -0.05) is 62.7 Å². The lowest BCUT2D eigenvalue weighted by Crippen LogP contribution is -2.62. The van der Waals surface area contributed by atoms with Gasteiger partial charge in [0.2, 0.25) is 29.5 Å². The quantitative estimate of drug-likeness (QED) is 0.104. The maximum atomic E-state index is 15.7. The summed E-state index contributed by atoms with van der Waals surface area (Å²) in [6.07, 6.45) is 1.03. The van der Waals surface area contributed by atoms with Crippen molar-refractivity contribution >= 4 is 52.1 Å². The smallest absolute Gasteiger partial charge is 0.326 e. The van der Waals surface area contributed by atoms with Gasteiger partial charge in [0.05, 0.1) is 22.7 Å². The second kappa shape index (κ2) is 16.9. The van der Waals surface area contributed by atoms with Gasteiger partial charge in [-0.15, -0.1) is 0 Å². The van der Waals surface area contributed by atoms with E-state index in [0.29, 0.717) is 51.0 Å². The van der Waals surface area contributed by atoms with Gasteiger partial charge in [0.25, 0.3) is 0 Å². The van der Waals surface area contributed by atoms with Gasteiger partial charge in [-0.05, 0) is 89.5 Å². The minimum atomic E-state index is -1.42. The molecular weight excluding hydrogens is 845 g/mol. The summed E-state index contributed by atoms with van der Waals surface area (Å²) in [5.74, 6) is -5.14. The first kappa shape index (κ1) is 43.8. The number of aromatic hydroxyl groups is 2. The SMILES string of the molecule is CCC(C)[C@@H]1NC(=O)[C@@H]2Cc3ccc(O)c(c3)-n3cc(c4cc(ccc43)[C@]34C[C@@H](C(=O)N[C@@H](Cc5ccc(O)cc5)C(=O)O)N(C1=O)[C@H]3Nc1ccccc14)C[C@H](NC(=O)[C@H](C)N)C(=O)N2. The molecule has 9 bridgehead atoms. The Labute approximate surface area is 379 Å². The first-order valence-electron chi connectivity index (χ1n) is 22.2. The van der Waals surface area contributed by atoms with E-state index in [2.05, 4.69) is 26.6 Å². The van der Waals surface area contributed by atoms with Crippen molar-refractivity contribution in [1.29, 1.82) is 0 Å². The lowest BCUT2D eigenvalue weighted by molar-refractivity contribution is -0.146. The summed E-state index contributed by atoms with van der Waals surface area (Å²) in [5, 5.41) is 47.3. The highest BCUT2D eigenvalue weighted by molar-refractivity contribution is 5.99. The van der Waals surface area contributed by atoms with E-state index < -0.39 is 89.3 Å². The topological polar surface area (TPSA) is 257 Å². The van der Waals surface area contributed by atoms with Crippen LogP contribution in [0.25, 0.3) is 16.6 Å². The first-order valence-corrected chi connectivity index (χ1v) is 22.2. The van der Waals surface area contributed by atoms with Crippen molar-refractivity contribution in [3.8, 4) is 17.2 Å². The molecule has 0 saturated carbocycles. The summed E-state index contributed by atoms with van der Waals surface area (Å²) in [5.41, 5.74) is 9.76. The number of hydrogen-bond donors (Lipinski definition) is 9. The summed E-state index contributed by atoms with van der Waals surface area (Å²) in [6.45, 7) is 5.16. The van der Waals surface area contributed by atoms with Crippen LogP contribution in [0.3, 0.4) is 0 Å². The van der Waals surface area contributed by atoms with Gasteiger partial charge in [0.1, 0.15) is 47.9 Å². The molecule has 1 unspecified atom stereocenters. The second-order valence-electron chi connectivity index (χ2n) is 18.1. The minimum absolute atomic E-state index is 0.00322. The minimum Gasteiger partial charge on any atom is -0.508 e. The standard InChI is InChI=1S/C49H52N8O9/c1-4-24(2)41-46(64)57-39(45(63)53-36(47(65)66)17-26-9-13-30(58)14-10-26)22-49(32-7-5-6-8-33(32)54-48(49)57)29-12-15-37-31(21-29)28-20-35(51-42(60)25(3)50)43(61)52-34(44(62)55-41)18-27-11-16-40(59)38(19-27)56(37)23-28/h5-16,19,21,23-25,34-36,39,41,48,54,58-59H,4,17-18,20,22,50H2,1-3H3,(H,51,60)(H,52,61)(H,53,63)(H,55,62)(H,65,66)/t24?,25-,34-,35-,36-,39-,41-,48+,49-/m0/s1. The molecule has 1 saturated heterocycles. The van der Waals surface area contributed by atoms with E-state index in [9.17, 15) is 39.3 Å². The summed E-state index contributed by atoms with van der Waals surface area (Å²) < 4.78 is 1.81. The molecule has 4 aliphatic heterocycles. The van der Waals surface area contributed by atoms with Crippen LogP contribution in [0.4, 0.5) is 5.69 Å². The molecule has 0 radical (unpaired) electrons. The number of nitrogens with zero attached hydrogens (tertiary/aromatic N) is 2. The van der Waals surface area contributed by atoms with Crippen LogP contribution < -0.4 is 32.3 Å². The highest BCUT2D eigenvalue weighted by atomic mass is 16.4. The van der Waals surface area contributed by atoms with Crippen molar-refractivity contribution in [2.45, 2.75) is 101 Å². The molecule has 4 aromatic carbocycles. The van der Waals surface area contributed by atoms with Crippen molar-refractivity contribution in [1.82, 2.24) is 30.7 Å². The Balaban J connectivity index is 1.28. The molecule has 10 N–H and O–H groups in total. The molecule has 66 heavy (non-hydrogen) atoms. The summed E-state index contributed by atoms with van der Waals surface area (Å²) in [4.78, 5) is 87.6. The fourth-order valence-corrected chi connectivity index (χ4v) is 10.2. The molecule has 1 aromatic heterocycles. The molecule has 5 heterocycles. The zero-order valence-corrected chi connectivity index (χ0v) is 36.6. The fourth-order valence-electron chi connectivity index (χ4n) is 10.2. The van der Waals surface area contributed by atoms with Gasteiger partial charge >= 0.3 is 5.97 Å². The number of para-hydroxylation sites is 1. The summed E-state index contributed by atoms with van der Waals surface area (Å²) in [7, 11) is 0. The number of carboxylic acids is 1. The Bertz CT molecular complexity index is 2810. The van der Waals surface area contributed by atoms with E-state index in [-0.39, 0.29) is 37.2 Å². The van der Waals surface area contributed by atoms with Crippen LogP contribution in [0.2, 0.25) is 0 Å². The largest absolute Gasteiger partial charge is 0.508 e. The molecule has 342 valence electrons. The molecular formula is C49H52N8O9. The number of anilines is 1. The van der Waals surface area contributed by atoms with Crippen LogP contribution in [-0.2, 0) is 53.4 Å². The molecule has 5 amide bonds. The number of carboxylic acid groups (broad SMARTS) is 1. The number of benzene rings is 4. The number of nitrogens with two attached hydrogens (primary N) is 1. The van der Waals surface area contributed by atoms with E-state index in [0.717, 1.165) is 5.56 Å². The number of aliphatic carboxylic acids is 1. The number of carbonyl (C=O) groups excluding carboxylic acids is 5. The Morgan fingerprint density at radius 1 is 0.909 bits per heavy atom. The van der Waals surface area contributed by atoms with Crippen molar-refractivity contribution in [3.05, 3.63) is 119 Å². The highest BCUT2D eigenvalue weighted by Crippen LogP contribution is 2.55. The Morgan fingerprint density at radius 3 is 2.39 bits per heavy atom. The van der Waals surface area contributed by atoms with Crippen LogP contribution in [0, 0.1) is 5.92 Å². The predicted molar refractivity (Wildman–Crippen MR) is 243 cm³/mol. The number of rotatable bonds is 9. The monoisotopic (exact) mass is 896 g/mol. The predicted octanol–water partition coefficient (Wildman–Crippen LogP) is 2.45. The normalized spacial score (nSPS) is 24.5. The molecule has 0 aliphatic carbocycles. The van der Waals surface area contributed by atoms with Gasteiger partial charge in [0, 0.05) is 36.5 Å². The molecule has 5 aromatic rings. The van der Waals surface area contributed by atoms with Gasteiger partial charge in [-0.25, -0.2) is 4.79 Å². The number of carbonyl (C=O) groups is 6. The van der Waals surface area contributed by atoms with Crippen molar-refractivity contribution in [2.24, 2.45) is 11.7 Å². The Hall–Kier alpha value is -7.40. The zero-order valence-electron chi connectivity index (χ0n) is 36.6. The van der Waals surface area contributed by atoms with Crippen LogP contribution in [-0.4, -0.2) is 103 Å². The second-order valence-corrected chi connectivity index (χ2v) is 18.1. The third kappa shape index (κ3) is 7.51. The molecule has 17 nitrogen and oxygen atoms in total. The molecule has 9 atom stereocenters. The van der Waals surface area contributed by atoms with Gasteiger partial charge in [0.15, 0.2) is 0 Å². The Kier molecular flexibility index (Phi) is 11.2. The number of hydrogen-bond acceptors (Lipinski definition) is 10. The maximum Gasteiger partial charge on any atom is 0.326 e. The molecule has 9 rings (SSSR count). The highest BCUT2D eigenvalue weighted by Gasteiger charge is 2.62. The van der Waals surface area contributed by atoms with E-state index in [1.165, 1.54) is 30.0 Å². The number of phenols is 2. The molecule has 1 fully saturated rings. The lowest BCUT2D eigenvalue weighted by atomic mass is 9.72. The van der Waals surface area contributed by atoms with Crippen LogP contribution in [0.5, 0.6) is 11.5 Å². The summed E-state index contributed by atoms with van der Waals surface area (Å²) in [6, 6.07) is 16.8. The van der Waals surface area contributed by atoms with Crippen LogP contribution in [0.1, 0.15) is 61.4 Å². The average Bonchev–Trinajstić information content (AvgIpc) is 3.94. The molecule has 4 aliphatic rings. The number of phenolic OH excluding ortho intramolecular Hbond substituents is 2.